The average Bonchev–Trinajstić information content (AvgIpc) is 2.03. The lowest BCUT2D eigenvalue weighted by Crippen LogP contribution is -1.81. The van der Waals surface area contributed by atoms with Gasteiger partial charge in [-0.3, -0.25) is 0 Å². The van der Waals surface area contributed by atoms with Gasteiger partial charge >= 0.3 is 0 Å². The zero-order chi connectivity index (χ0) is 8.36. The first-order chi connectivity index (χ1) is 5.41. The van der Waals surface area contributed by atoms with Crippen molar-refractivity contribution < 1.29 is 5.11 Å². The summed E-state index contributed by atoms with van der Waals surface area (Å²) in [6.07, 6.45) is 5.50. The first kappa shape index (κ1) is 10.6. The molecule has 0 aliphatic carbocycles. The second kappa shape index (κ2) is 9.55. The molecule has 0 aliphatic rings. The summed E-state index contributed by atoms with van der Waals surface area (Å²) in [7, 11) is 0. The molecule has 0 heterocycles. The van der Waals surface area contributed by atoms with Crippen LogP contribution in [0.25, 0.3) is 0 Å². The molecule has 0 aromatic heterocycles. The summed E-state index contributed by atoms with van der Waals surface area (Å²) in [4.78, 5) is 0. The molecule has 0 bridgehead atoms. The Bertz CT molecular complexity index is 153. The molecule has 0 aromatic carbocycles. The maximum atomic E-state index is 8.44. The van der Waals surface area contributed by atoms with Crippen molar-refractivity contribution in [3.63, 3.8) is 0 Å². The lowest BCUT2D eigenvalue weighted by Gasteiger charge is -1.90. The van der Waals surface area contributed by atoms with Crippen molar-refractivity contribution in [3.05, 3.63) is 11.6 Å². The van der Waals surface area contributed by atoms with Crippen LogP contribution in [0.5, 0.6) is 0 Å². The van der Waals surface area contributed by atoms with Crippen LogP contribution in [-0.2, 0) is 0 Å². The van der Waals surface area contributed by atoms with Gasteiger partial charge < -0.3 is 5.11 Å². The van der Waals surface area contributed by atoms with E-state index in [2.05, 4.69) is 11.8 Å². The first-order valence-corrected chi connectivity index (χ1v) is 4.20. The van der Waals surface area contributed by atoms with E-state index < -0.39 is 0 Å². The number of rotatable bonds is 4. The number of allylic oxidation sites excluding steroid dienone is 1. The normalized spacial score (nSPS) is 9.64. The Hall–Kier alpha value is -0.450. The number of halogens is 1. The standard InChI is InChI=1S/C9H13ClO/c10-8-6-4-2-1-3-5-7-9-11/h6,8,11H,1,3,5,7,9H2/b8-6+. The van der Waals surface area contributed by atoms with Gasteiger partial charge in [0.2, 0.25) is 0 Å². The minimum Gasteiger partial charge on any atom is -0.396 e. The Morgan fingerprint density at radius 2 is 2.09 bits per heavy atom. The van der Waals surface area contributed by atoms with Crippen LogP contribution in [0.1, 0.15) is 25.7 Å². The summed E-state index contributed by atoms with van der Waals surface area (Å²) in [6, 6.07) is 0. The van der Waals surface area contributed by atoms with Crippen molar-refractivity contribution >= 4 is 11.6 Å². The van der Waals surface area contributed by atoms with Gasteiger partial charge in [-0.05, 0) is 18.9 Å². The fraction of sp³-hybridized carbons (Fsp3) is 0.556. The van der Waals surface area contributed by atoms with Crippen molar-refractivity contribution in [2.24, 2.45) is 0 Å². The van der Waals surface area contributed by atoms with E-state index in [0.29, 0.717) is 0 Å². The van der Waals surface area contributed by atoms with E-state index in [1.807, 2.05) is 0 Å². The summed E-state index contributed by atoms with van der Waals surface area (Å²) in [5.41, 5.74) is 1.40. The molecule has 0 rings (SSSR count). The van der Waals surface area contributed by atoms with Gasteiger partial charge in [0.15, 0.2) is 0 Å². The molecule has 0 aromatic rings. The first-order valence-electron chi connectivity index (χ1n) is 3.76. The van der Waals surface area contributed by atoms with Gasteiger partial charge in [0, 0.05) is 18.6 Å². The maximum absolute atomic E-state index is 8.44. The topological polar surface area (TPSA) is 20.2 Å². The van der Waals surface area contributed by atoms with Crippen molar-refractivity contribution in [3.8, 4) is 11.8 Å². The number of hydrogen-bond donors (Lipinski definition) is 1. The molecule has 1 nitrogen and oxygen atoms in total. The second-order valence-corrected chi connectivity index (χ2v) is 2.40. The Kier molecular flexibility index (Phi) is 9.16. The molecule has 0 saturated heterocycles. The van der Waals surface area contributed by atoms with Gasteiger partial charge in [0.05, 0.1) is 0 Å². The van der Waals surface area contributed by atoms with E-state index in [-0.39, 0.29) is 6.61 Å². The molecular weight excluding hydrogens is 160 g/mol. The molecule has 0 saturated carbocycles. The molecule has 0 amide bonds. The lowest BCUT2D eigenvalue weighted by molar-refractivity contribution is 0.283. The molecule has 0 unspecified atom stereocenters. The van der Waals surface area contributed by atoms with Crippen LogP contribution in [0.15, 0.2) is 11.6 Å². The summed E-state index contributed by atoms with van der Waals surface area (Å²) in [5, 5.41) is 8.44. The van der Waals surface area contributed by atoms with Crippen LogP contribution in [0.3, 0.4) is 0 Å². The summed E-state index contributed by atoms with van der Waals surface area (Å²) in [5.74, 6) is 5.73. The minimum atomic E-state index is 0.287. The van der Waals surface area contributed by atoms with Crippen molar-refractivity contribution in [1.29, 1.82) is 0 Å². The number of unbranched alkanes of at least 4 members (excludes halogenated alkanes) is 3. The van der Waals surface area contributed by atoms with Crippen molar-refractivity contribution in [2.45, 2.75) is 25.7 Å². The molecule has 11 heavy (non-hydrogen) atoms. The predicted octanol–water partition coefficient (Wildman–Crippen LogP) is 2.29. The molecule has 0 fully saturated rings. The second-order valence-electron chi connectivity index (χ2n) is 2.15. The maximum Gasteiger partial charge on any atom is 0.0431 e. The zero-order valence-electron chi connectivity index (χ0n) is 6.52. The van der Waals surface area contributed by atoms with E-state index >= 15 is 0 Å². The molecule has 0 spiro atoms. The Balaban J connectivity index is 3.08. The van der Waals surface area contributed by atoms with E-state index in [1.54, 1.807) is 6.08 Å². The number of aliphatic hydroxyl groups excluding tert-OH is 1. The number of hydrogen-bond acceptors (Lipinski definition) is 1. The molecule has 62 valence electrons. The van der Waals surface area contributed by atoms with Crippen molar-refractivity contribution in [2.75, 3.05) is 6.61 Å². The van der Waals surface area contributed by atoms with Gasteiger partial charge in [-0.15, -0.1) is 0 Å². The molecule has 0 radical (unpaired) electrons. The zero-order valence-corrected chi connectivity index (χ0v) is 7.27. The summed E-state index contributed by atoms with van der Waals surface area (Å²) in [6.45, 7) is 0.287. The molecule has 0 atom stereocenters. The fourth-order valence-electron chi connectivity index (χ4n) is 0.665. The Morgan fingerprint density at radius 1 is 1.27 bits per heavy atom. The monoisotopic (exact) mass is 172 g/mol. The third-order valence-corrected chi connectivity index (χ3v) is 1.33. The highest BCUT2D eigenvalue weighted by atomic mass is 35.5. The average molecular weight is 173 g/mol. The predicted molar refractivity (Wildman–Crippen MR) is 48.3 cm³/mol. The third kappa shape index (κ3) is 9.55. The van der Waals surface area contributed by atoms with Crippen LogP contribution in [-0.4, -0.2) is 11.7 Å². The van der Waals surface area contributed by atoms with E-state index in [0.717, 1.165) is 25.7 Å². The van der Waals surface area contributed by atoms with Crippen LogP contribution < -0.4 is 0 Å². The highest BCUT2D eigenvalue weighted by molar-refractivity contribution is 6.25. The Labute approximate surface area is 73.1 Å². The molecule has 2 heteroatoms. The molecule has 1 N–H and O–H groups in total. The molecular formula is C9H13ClO. The summed E-state index contributed by atoms with van der Waals surface area (Å²) < 4.78 is 0. The van der Waals surface area contributed by atoms with Gasteiger partial charge in [-0.25, -0.2) is 0 Å². The van der Waals surface area contributed by atoms with Gasteiger partial charge in [-0.1, -0.05) is 29.9 Å². The Morgan fingerprint density at radius 3 is 2.73 bits per heavy atom. The smallest absolute Gasteiger partial charge is 0.0431 e. The van der Waals surface area contributed by atoms with Crippen LogP contribution >= 0.6 is 11.6 Å². The summed E-state index contributed by atoms with van der Waals surface area (Å²) >= 11 is 5.25. The van der Waals surface area contributed by atoms with Crippen LogP contribution in [0, 0.1) is 11.8 Å². The third-order valence-electron chi connectivity index (χ3n) is 1.21. The van der Waals surface area contributed by atoms with Gasteiger partial charge in [0.25, 0.3) is 0 Å². The SMILES string of the molecule is OCCCCCC#C/C=C/Cl. The minimum absolute atomic E-state index is 0.287. The quantitative estimate of drug-likeness (QED) is 0.510. The number of aliphatic hydroxyl groups is 1. The van der Waals surface area contributed by atoms with Crippen LogP contribution in [0.4, 0.5) is 0 Å². The van der Waals surface area contributed by atoms with E-state index in [9.17, 15) is 0 Å². The van der Waals surface area contributed by atoms with Gasteiger partial charge in [0.1, 0.15) is 0 Å². The lowest BCUT2D eigenvalue weighted by atomic mass is 10.2. The highest BCUT2D eigenvalue weighted by Crippen LogP contribution is 1.96. The highest BCUT2D eigenvalue weighted by Gasteiger charge is 1.83. The van der Waals surface area contributed by atoms with Gasteiger partial charge in [-0.2, -0.15) is 0 Å². The van der Waals surface area contributed by atoms with E-state index in [1.165, 1.54) is 5.54 Å². The fourth-order valence-corrected chi connectivity index (χ4v) is 0.728. The van der Waals surface area contributed by atoms with Crippen LogP contribution in [0.2, 0.25) is 0 Å². The largest absolute Gasteiger partial charge is 0.396 e. The van der Waals surface area contributed by atoms with Crippen molar-refractivity contribution in [1.82, 2.24) is 0 Å². The van der Waals surface area contributed by atoms with E-state index in [4.69, 9.17) is 16.7 Å². The molecule has 0 aliphatic heterocycles.